The summed E-state index contributed by atoms with van der Waals surface area (Å²) in [6, 6.07) is 17.4. The molecule has 1 heterocycles. The zero-order valence-corrected chi connectivity index (χ0v) is 15.7. The summed E-state index contributed by atoms with van der Waals surface area (Å²) in [4.78, 5) is 0. The third-order valence-electron chi connectivity index (χ3n) is 5.90. The number of methoxy groups -OCH3 is 1. The van der Waals surface area contributed by atoms with Crippen LogP contribution < -0.4 is 14.8 Å². The topological polar surface area (TPSA) is 30.5 Å². The number of aryl methyl sites for hydroxylation is 1. The maximum absolute atomic E-state index is 6.46. The van der Waals surface area contributed by atoms with Gasteiger partial charge in [-0.15, -0.1) is 0 Å². The summed E-state index contributed by atoms with van der Waals surface area (Å²) in [6.45, 7) is 1.03. The number of rotatable bonds is 6. The van der Waals surface area contributed by atoms with Gasteiger partial charge in [0.1, 0.15) is 17.1 Å². The Bertz CT molecular complexity index is 719. The molecular weight excluding hydrogens is 322 g/mol. The van der Waals surface area contributed by atoms with Gasteiger partial charge in [-0.05, 0) is 68.8 Å². The highest BCUT2D eigenvalue weighted by Crippen LogP contribution is 2.46. The van der Waals surface area contributed by atoms with Gasteiger partial charge >= 0.3 is 0 Å². The minimum absolute atomic E-state index is 0.0714. The number of benzene rings is 2. The van der Waals surface area contributed by atoms with Gasteiger partial charge in [0.2, 0.25) is 0 Å². The molecule has 0 saturated heterocycles. The molecule has 0 aromatic heterocycles. The second kappa shape index (κ2) is 7.71. The lowest BCUT2D eigenvalue weighted by molar-refractivity contribution is 0.0368. The molecule has 1 saturated carbocycles. The van der Waals surface area contributed by atoms with Crippen molar-refractivity contribution in [2.75, 3.05) is 13.7 Å². The fourth-order valence-corrected chi connectivity index (χ4v) is 4.49. The van der Waals surface area contributed by atoms with Crippen LogP contribution in [0.25, 0.3) is 0 Å². The Hall–Kier alpha value is -2.00. The predicted octanol–water partition coefficient (Wildman–Crippen LogP) is 5.05. The average Bonchev–Trinajstić information content (AvgIpc) is 3.13. The number of ether oxygens (including phenoxy) is 2. The zero-order chi connectivity index (χ0) is 17.8. The number of hydrogen-bond acceptors (Lipinski definition) is 3. The van der Waals surface area contributed by atoms with Crippen molar-refractivity contribution in [2.45, 2.75) is 56.6 Å². The van der Waals surface area contributed by atoms with Gasteiger partial charge in [-0.2, -0.15) is 0 Å². The lowest BCUT2D eigenvalue weighted by Gasteiger charge is -2.40. The molecule has 4 rings (SSSR count). The molecule has 1 atom stereocenters. The lowest BCUT2D eigenvalue weighted by atomic mass is 9.86. The lowest BCUT2D eigenvalue weighted by Crippen LogP contribution is -2.42. The van der Waals surface area contributed by atoms with Gasteiger partial charge in [0, 0.05) is 18.0 Å². The number of hydrogen-bond donors (Lipinski definition) is 1. The quantitative estimate of drug-likeness (QED) is 0.739. The Morgan fingerprint density at radius 1 is 1.08 bits per heavy atom. The van der Waals surface area contributed by atoms with Crippen molar-refractivity contribution in [1.29, 1.82) is 0 Å². The highest BCUT2D eigenvalue weighted by molar-refractivity contribution is 5.39. The van der Waals surface area contributed by atoms with Crippen molar-refractivity contribution >= 4 is 0 Å². The van der Waals surface area contributed by atoms with E-state index in [1.165, 1.54) is 36.8 Å². The molecule has 1 fully saturated rings. The van der Waals surface area contributed by atoms with Crippen LogP contribution in [-0.4, -0.2) is 19.3 Å². The molecule has 1 aliphatic heterocycles. The summed E-state index contributed by atoms with van der Waals surface area (Å²) in [6.07, 6.45) is 8.33. The van der Waals surface area contributed by atoms with Crippen LogP contribution >= 0.6 is 0 Å². The first-order valence-corrected chi connectivity index (χ1v) is 9.92. The van der Waals surface area contributed by atoms with E-state index >= 15 is 0 Å². The molecule has 138 valence electrons. The van der Waals surface area contributed by atoms with Crippen LogP contribution in [0.1, 0.15) is 55.7 Å². The van der Waals surface area contributed by atoms with E-state index in [1.807, 2.05) is 12.1 Å². The van der Waals surface area contributed by atoms with Crippen molar-refractivity contribution in [3.63, 3.8) is 0 Å². The first-order valence-electron chi connectivity index (χ1n) is 9.92. The van der Waals surface area contributed by atoms with Gasteiger partial charge in [0.25, 0.3) is 0 Å². The molecule has 3 heteroatoms. The molecule has 0 bridgehead atoms. The van der Waals surface area contributed by atoms with Crippen LogP contribution in [-0.2, 0) is 6.42 Å². The van der Waals surface area contributed by atoms with Crippen LogP contribution in [0.3, 0.4) is 0 Å². The van der Waals surface area contributed by atoms with Gasteiger partial charge < -0.3 is 14.8 Å². The largest absolute Gasteiger partial charge is 0.497 e. The van der Waals surface area contributed by atoms with Gasteiger partial charge in [-0.25, -0.2) is 0 Å². The molecule has 1 unspecified atom stereocenters. The second-order valence-corrected chi connectivity index (χ2v) is 7.69. The van der Waals surface area contributed by atoms with Crippen molar-refractivity contribution in [3.8, 4) is 11.5 Å². The van der Waals surface area contributed by atoms with Crippen LogP contribution in [0, 0.1) is 0 Å². The normalized spacial score (nSPS) is 20.6. The van der Waals surface area contributed by atoms with Gasteiger partial charge in [0.15, 0.2) is 0 Å². The van der Waals surface area contributed by atoms with Crippen LogP contribution in [0.2, 0.25) is 0 Å². The van der Waals surface area contributed by atoms with Crippen molar-refractivity contribution < 1.29 is 9.47 Å². The smallest absolute Gasteiger partial charge is 0.124 e. The molecule has 1 N–H and O–H groups in total. The average molecular weight is 351 g/mol. The van der Waals surface area contributed by atoms with Crippen LogP contribution in [0.4, 0.5) is 0 Å². The van der Waals surface area contributed by atoms with Crippen LogP contribution in [0.5, 0.6) is 11.5 Å². The SMILES string of the molecule is COc1ccc(CCCNC2CC3(CCCC3)Oc3ccccc32)cc1. The Kier molecular flexibility index (Phi) is 5.16. The summed E-state index contributed by atoms with van der Waals surface area (Å²) >= 11 is 0. The van der Waals surface area contributed by atoms with E-state index < -0.39 is 0 Å². The molecule has 26 heavy (non-hydrogen) atoms. The first kappa shape index (κ1) is 17.4. The van der Waals surface area contributed by atoms with E-state index in [0.717, 1.165) is 37.3 Å². The minimum atomic E-state index is 0.0714. The second-order valence-electron chi connectivity index (χ2n) is 7.69. The fourth-order valence-electron chi connectivity index (χ4n) is 4.49. The fraction of sp³-hybridized carbons (Fsp3) is 0.478. The molecule has 3 nitrogen and oxygen atoms in total. The maximum atomic E-state index is 6.46. The van der Waals surface area contributed by atoms with E-state index in [9.17, 15) is 0 Å². The Labute approximate surface area is 156 Å². The minimum Gasteiger partial charge on any atom is -0.497 e. The zero-order valence-electron chi connectivity index (χ0n) is 15.7. The molecule has 1 aliphatic carbocycles. The molecule has 2 aromatic carbocycles. The van der Waals surface area contributed by atoms with Crippen molar-refractivity contribution in [3.05, 3.63) is 59.7 Å². The van der Waals surface area contributed by atoms with Gasteiger partial charge in [-0.1, -0.05) is 30.3 Å². The summed E-state index contributed by atoms with van der Waals surface area (Å²) in [5, 5.41) is 3.82. The molecule has 0 amide bonds. The molecule has 2 aliphatic rings. The van der Waals surface area contributed by atoms with Crippen molar-refractivity contribution in [2.24, 2.45) is 0 Å². The summed E-state index contributed by atoms with van der Waals surface area (Å²) in [7, 11) is 1.71. The van der Waals surface area contributed by atoms with E-state index in [-0.39, 0.29) is 5.60 Å². The molecule has 2 aromatic rings. The monoisotopic (exact) mass is 351 g/mol. The molecule has 0 radical (unpaired) electrons. The third kappa shape index (κ3) is 3.73. The Morgan fingerprint density at radius 3 is 2.62 bits per heavy atom. The standard InChI is InChI=1S/C23H29NO2/c1-25-19-12-10-18(11-13-19)7-6-16-24-21-17-23(14-4-5-15-23)26-22-9-3-2-8-20(21)22/h2-3,8-13,21,24H,4-7,14-17H2,1H3. The summed E-state index contributed by atoms with van der Waals surface area (Å²) in [5.74, 6) is 2.01. The number of nitrogens with one attached hydrogen (secondary N) is 1. The first-order chi connectivity index (χ1) is 12.8. The van der Waals surface area contributed by atoms with E-state index in [0.29, 0.717) is 6.04 Å². The number of fused-ring (bicyclic) bond motifs is 1. The Morgan fingerprint density at radius 2 is 1.85 bits per heavy atom. The van der Waals surface area contributed by atoms with E-state index in [1.54, 1.807) is 7.11 Å². The molecular formula is C23H29NO2. The van der Waals surface area contributed by atoms with Crippen LogP contribution in [0.15, 0.2) is 48.5 Å². The third-order valence-corrected chi connectivity index (χ3v) is 5.90. The molecule has 1 spiro atoms. The van der Waals surface area contributed by atoms with Crippen molar-refractivity contribution in [1.82, 2.24) is 5.32 Å². The summed E-state index contributed by atoms with van der Waals surface area (Å²) in [5.41, 5.74) is 2.77. The number of para-hydroxylation sites is 1. The predicted molar refractivity (Wildman–Crippen MR) is 105 cm³/mol. The van der Waals surface area contributed by atoms with E-state index in [2.05, 4.69) is 41.7 Å². The highest BCUT2D eigenvalue weighted by atomic mass is 16.5. The maximum Gasteiger partial charge on any atom is 0.124 e. The van der Waals surface area contributed by atoms with Gasteiger partial charge in [-0.3, -0.25) is 0 Å². The highest BCUT2D eigenvalue weighted by Gasteiger charge is 2.42. The summed E-state index contributed by atoms with van der Waals surface area (Å²) < 4.78 is 11.7. The van der Waals surface area contributed by atoms with Gasteiger partial charge in [0.05, 0.1) is 7.11 Å². The Balaban J connectivity index is 1.36. The van der Waals surface area contributed by atoms with E-state index in [4.69, 9.17) is 9.47 Å².